The van der Waals surface area contributed by atoms with E-state index in [0.717, 1.165) is 11.3 Å². The summed E-state index contributed by atoms with van der Waals surface area (Å²) in [5.74, 6) is 1.10. The molecule has 0 unspecified atom stereocenters. The van der Waals surface area contributed by atoms with Crippen LogP contribution in [0.5, 0.6) is 0 Å². The Labute approximate surface area is 49.7 Å². The summed E-state index contributed by atoms with van der Waals surface area (Å²) in [5, 5.41) is 0. The normalized spacial score (nSPS) is 31.0. The molecular formula is C7H10O. The van der Waals surface area contributed by atoms with Gasteiger partial charge in [-0.05, 0) is 19.4 Å². The molecule has 1 rings (SSSR count). The Morgan fingerprint density at radius 3 is 2.50 bits per heavy atom. The summed E-state index contributed by atoms with van der Waals surface area (Å²) in [6.45, 7) is 7.65. The van der Waals surface area contributed by atoms with Gasteiger partial charge in [-0.3, -0.25) is 0 Å². The lowest BCUT2D eigenvalue weighted by Gasteiger charge is -1.77. The van der Waals surface area contributed by atoms with E-state index < -0.39 is 0 Å². The second-order valence-corrected chi connectivity index (χ2v) is 2.01. The Bertz CT molecular complexity index is 144. The van der Waals surface area contributed by atoms with Crippen molar-refractivity contribution in [2.45, 2.75) is 20.0 Å². The van der Waals surface area contributed by atoms with Crippen LogP contribution < -0.4 is 0 Å². The van der Waals surface area contributed by atoms with Gasteiger partial charge in [0, 0.05) is 0 Å². The third-order valence-electron chi connectivity index (χ3n) is 1.31. The fraction of sp³-hybridized carbons (Fsp3) is 0.429. The van der Waals surface area contributed by atoms with E-state index in [1.165, 1.54) is 0 Å². The zero-order valence-corrected chi connectivity index (χ0v) is 5.27. The summed E-state index contributed by atoms with van der Waals surface area (Å²) in [5.41, 5.74) is 1.16. The van der Waals surface area contributed by atoms with E-state index >= 15 is 0 Å². The summed E-state index contributed by atoms with van der Waals surface area (Å²) in [7, 11) is 0. The van der Waals surface area contributed by atoms with Crippen LogP contribution in [0.3, 0.4) is 0 Å². The first-order valence-corrected chi connectivity index (χ1v) is 2.75. The third-order valence-corrected chi connectivity index (χ3v) is 1.31. The van der Waals surface area contributed by atoms with Crippen LogP contribution in [-0.4, -0.2) is 6.10 Å². The molecule has 8 heavy (non-hydrogen) atoms. The molecule has 0 aromatic carbocycles. The van der Waals surface area contributed by atoms with Crippen molar-refractivity contribution in [1.82, 2.24) is 0 Å². The van der Waals surface area contributed by atoms with Gasteiger partial charge in [-0.2, -0.15) is 0 Å². The van der Waals surface area contributed by atoms with Crippen molar-refractivity contribution in [3.63, 3.8) is 0 Å². The van der Waals surface area contributed by atoms with Gasteiger partial charge in [0.2, 0.25) is 0 Å². The van der Waals surface area contributed by atoms with Crippen molar-refractivity contribution < 1.29 is 4.74 Å². The lowest BCUT2D eigenvalue weighted by atomic mass is 10.2. The molecule has 0 bridgehead atoms. The number of ether oxygens (including phenoxy) is 1. The van der Waals surface area contributed by atoms with Gasteiger partial charge in [-0.1, -0.05) is 12.7 Å². The largest absolute Gasteiger partial charge is 0.483 e. The lowest BCUT2D eigenvalue weighted by molar-refractivity contribution is 0.444. The fourth-order valence-electron chi connectivity index (χ4n) is 0.671. The average molecular weight is 110 g/mol. The summed E-state index contributed by atoms with van der Waals surface area (Å²) in [6.07, 6.45) is 2.17. The van der Waals surface area contributed by atoms with E-state index in [0.29, 0.717) is 6.10 Å². The number of hydrogen-bond acceptors (Lipinski definition) is 1. The maximum atomic E-state index is 5.08. The number of epoxide rings is 1. The van der Waals surface area contributed by atoms with Gasteiger partial charge < -0.3 is 4.74 Å². The van der Waals surface area contributed by atoms with Gasteiger partial charge in [0.25, 0.3) is 0 Å². The van der Waals surface area contributed by atoms with E-state index in [9.17, 15) is 0 Å². The molecule has 0 saturated carbocycles. The van der Waals surface area contributed by atoms with Crippen LogP contribution in [0, 0.1) is 0 Å². The van der Waals surface area contributed by atoms with Crippen molar-refractivity contribution in [2.75, 3.05) is 0 Å². The van der Waals surface area contributed by atoms with E-state index in [1.54, 1.807) is 0 Å². The Morgan fingerprint density at radius 2 is 2.38 bits per heavy atom. The average Bonchev–Trinajstić information content (AvgIpc) is 2.45. The molecule has 1 saturated heterocycles. The second-order valence-electron chi connectivity index (χ2n) is 2.01. The highest BCUT2D eigenvalue weighted by molar-refractivity contribution is 5.26. The molecule has 0 amide bonds. The molecule has 0 N–H and O–H groups in total. The van der Waals surface area contributed by atoms with Crippen LogP contribution in [0.25, 0.3) is 0 Å². The fourth-order valence-corrected chi connectivity index (χ4v) is 0.671. The highest BCUT2D eigenvalue weighted by Gasteiger charge is 2.27. The molecular weight excluding hydrogens is 100 g/mol. The summed E-state index contributed by atoms with van der Waals surface area (Å²) in [6, 6.07) is 0. The maximum absolute atomic E-state index is 5.08. The van der Waals surface area contributed by atoms with E-state index in [1.807, 2.05) is 19.9 Å². The maximum Gasteiger partial charge on any atom is 0.153 e. The van der Waals surface area contributed by atoms with Crippen molar-refractivity contribution in [2.24, 2.45) is 0 Å². The van der Waals surface area contributed by atoms with E-state index in [2.05, 4.69) is 6.58 Å². The van der Waals surface area contributed by atoms with Crippen LogP contribution in [0.15, 0.2) is 24.0 Å². The molecule has 1 heterocycles. The zero-order chi connectivity index (χ0) is 6.15. The number of allylic oxidation sites excluding steroid dienone is 2. The van der Waals surface area contributed by atoms with E-state index in [4.69, 9.17) is 4.74 Å². The topological polar surface area (TPSA) is 12.5 Å². The predicted molar refractivity (Wildman–Crippen MR) is 33.4 cm³/mol. The van der Waals surface area contributed by atoms with Crippen LogP contribution in [0.2, 0.25) is 0 Å². The minimum absolute atomic E-state index is 0.355. The molecule has 1 fully saturated rings. The van der Waals surface area contributed by atoms with Crippen LogP contribution in [-0.2, 0) is 4.74 Å². The molecule has 0 aromatic rings. The molecule has 0 spiro atoms. The third kappa shape index (κ3) is 0.760. The van der Waals surface area contributed by atoms with Gasteiger partial charge in [-0.15, -0.1) is 0 Å². The number of hydrogen-bond donors (Lipinski definition) is 0. The second kappa shape index (κ2) is 1.66. The molecule has 1 heteroatoms. The van der Waals surface area contributed by atoms with Crippen LogP contribution in [0.1, 0.15) is 13.8 Å². The molecule has 1 nitrogen and oxygen atoms in total. The minimum Gasteiger partial charge on any atom is -0.483 e. The van der Waals surface area contributed by atoms with Crippen molar-refractivity contribution in [3.8, 4) is 0 Å². The summed E-state index contributed by atoms with van der Waals surface area (Å²) < 4.78 is 5.08. The van der Waals surface area contributed by atoms with Crippen LogP contribution >= 0.6 is 0 Å². The molecule has 1 atom stereocenters. The number of rotatable bonds is 1. The minimum atomic E-state index is 0.355. The Morgan fingerprint density at radius 1 is 1.88 bits per heavy atom. The summed E-state index contributed by atoms with van der Waals surface area (Å²) in [4.78, 5) is 0. The van der Waals surface area contributed by atoms with Gasteiger partial charge in [-0.25, -0.2) is 0 Å². The Kier molecular flexibility index (Phi) is 1.12. The molecule has 0 aliphatic carbocycles. The predicted octanol–water partition coefficient (Wildman–Crippen LogP) is 1.87. The molecule has 1 aliphatic heterocycles. The molecule has 1 aliphatic rings. The first-order chi connectivity index (χ1) is 3.75. The quantitative estimate of drug-likeness (QED) is 0.469. The van der Waals surface area contributed by atoms with Crippen molar-refractivity contribution in [3.05, 3.63) is 24.0 Å². The van der Waals surface area contributed by atoms with Gasteiger partial charge in [0.05, 0.1) is 0 Å². The van der Waals surface area contributed by atoms with Gasteiger partial charge in [0.15, 0.2) is 6.10 Å². The Hall–Kier alpha value is -0.720. The lowest BCUT2D eigenvalue weighted by Crippen LogP contribution is -1.68. The summed E-state index contributed by atoms with van der Waals surface area (Å²) >= 11 is 0. The first kappa shape index (κ1) is 5.42. The van der Waals surface area contributed by atoms with Crippen LogP contribution in [0.4, 0.5) is 0 Å². The highest BCUT2D eigenvalue weighted by atomic mass is 16.6. The SMILES string of the molecule is C=C/C(C)=C1/O[C@H]1C. The van der Waals surface area contributed by atoms with E-state index in [-0.39, 0.29) is 0 Å². The standard InChI is InChI=1S/C7H10O/c1-4-5(2)7-6(3)8-7/h4,6H,1H2,2-3H3/b7-5+/t6-/m0/s1. The van der Waals surface area contributed by atoms with Crippen molar-refractivity contribution >= 4 is 0 Å². The molecule has 0 radical (unpaired) electrons. The van der Waals surface area contributed by atoms with Gasteiger partial charge in [0.1, 0.15) is 5.76 Å². The molecule has 0 aromatic heterocycles. The molecule has 44 valence electrons. The first-order valence-electron chi connectivity index (χ1n) is 2.75. The smallest absolute Gasteiger partial charge is 0.153 e. The Balaban J connectivity index is 2.66. The van der Waals surface area contributed by atoms with Crippen molar-refractivity contribution in [1.29, 1.82) is 0 Å². The monoisotopic (exact) mass is 110 g/mol. The zero-order valence-electron chi connectivity index (χ0n) is 5.27. The highest BCUT2D eigenvalue weighted by Crippen LogP contribution is 2.29. The van der Waals surface area contributed by atoms with Gasteiger partial charge >= 0.3 is 0 Å².